The molecule has 0 radical (unpaired) electrons. The van der Waals surface area contributed by atoms with E-state index in [2.05, 4.69) is 20.9 Å². The first-order valence-electron chi connectivity index (χ1n) is 10.4. The predicted molar refractivity (Wildman–Crippen MR) is 114 cm³/mol. The van der Waals surface area contributed by atoms with Gasteiger partial charge in [-0.3, -0.25) is 14.5 Å². The highest BCUT2D eigenvalue weighted by Crippen LogP contribution is 2.26. The number of furan rings is 1. The molecule has 3 heterocycles. The van der Waals surface area contributed by atoms with E-state index in [0.29, 0.717) is 31.0 Å². The van der Waals surface area contributed by atoms with E-state index in [9.17, 15) is 9.59 Å². The van der Waals surface area contributed by atoms with Gasteiger partial charge in [0.1, 0.15) is 5.76 Å². The Kier molecular flexibility index (Phi) is 7.49. The van der Waals surface area contributed by atoms with Crippen LogP contribution >= 0.6 is 12.2 Å². The lowest BCUT2D eigenvalue weighted by molar-refractivity contribution is -0.132. The highest BCUT2D eigenvalue weighted by Gasteiger charge is 2.43. The largest absolute Gasteiger partial charge is 0.467 e. The van der Waals surface area contributed by atoms with E-state index in [1.165, 1.54) is 0 Å². The third kappa shape index (κ3) is 5.48. The van der Waals surface area contributed by atoms with Crippen LogP contribution in [0.2, 0.25) is 0 Å². The fourth-order valence-electron chi connectivity index (χ4n) is 4.19. The van der Waals surface area contributed by atoms with Gasteiger partial charge in [0.25, 0.3) is 0 Å². The molecule has 0 aliphatic carbocycles. The third-order valence-corrected chi connectivity index (χ3v) is 6.03. The summed E-state index contributed by atoms with van der Waals surface area (Å²) in [6, 6.07) is 3.84. The monoisotopic (exact) mass is 421 g/mol. The molecule has 1 aromatic heterocycles. The molecule has 3 N–H and O–H groups in total. The van der Waals surface area contributed by atoms with Gasteiger partial charge in [-0.15, -0.1) is 0 Å². The number of rotatable bonds is 8. The van der Waals surface area contributed by atoms with E-state index < -0.39 is 0 Å². The summed E-state index contributed by atoms with van der Waals surface area (Å²) < 4.78 is 5.30. The van der Waals surface area contributed by atoms with Gasteiger partial charge >= 0.3 is 0 Å². The van der Waals surface area contributed by atoms with Crippen LogP contribution in [-0.4, -0.2) is 71.0 Å². The van der Waals surface area contributed by atoms with Crippen LogP contribution in [0.3, 0.4) is 0 Å². The highest BCUT2D eigenvalue weighted by atomic mass is 32.1. The predicted octanol–water partition coefficient (Wildman–Crippen LogP) is 0.834. The van der Waals surface area contributed by atoms with E-state index in [4.69, 9.17) is 16.6 Å². The second kappa shape index (κ2) is 10.1. The molecule has 9 heteroatoms. The van der Waals surface area contributed by atoms with Gasteiger partial charge < -0.3 is 25.3 Å². The molecule has 2 aliphatic rings. The van der Waals surface area contributed by atoms with E-state index in [1.807, 2.05) is 30.9 Å². The number of hydrogen-bond donors (Lipinski definition) is 3. The number of hydrogen-bond acceptors (Lipinski definition) is 5. The first kappa shape index (κ1) is 21.6. The zero-order valence-electron chi connectivity index (χ0n) is 17.1. The number of fused-ring (bicyclic) bond motifs is 1. The smallest absolute Gasteiger partial charge is 0.237 e. The van der Waals surface area contributed by atoms with Crippen molar-refractivity contribution in [3.05, 3.63) is 24.2 Å². The molecule has 3 rings (SSSR count). The fraction of sp³-hybridized carbons (Fsp3) is 0.650. The van der Waals surface area contributed by atoms with Crippen molar-refractivity contribution in [2.75, 3.05) is 26.2 Å². The molecule has 3 atom stereocenters. The van der Waals surface area contributed by atoms with Crippen molar-refractivity contribution in [1.29, 1.82) is 0 Å². The zero-order valence-corrected chi connectivity index (χ0v) is 18.0. The van der Waals surface area contributed by atoms with Crippen LogP contribution in [0.4, 0.5) is 0 Å². The van der Waals surface area contributed by atoms with Crippen molar-refractivity contribution in [1.82, 2.24) is 25.8 Å². The molecule has 0 bridgehead atoms. The number of nitrogens with zero attached hydrogens (tertiary/aromatic N) is 2. The molecular formula is C20H31N5O3S. The summed E-state index contributed by atoms with van der Waals surface area (Å²) in [6.07, 6.45) is 3.59. The van der Waals surface area contributed by atoms with Crippen molar-refractivity contribution in [3.8, 4) is 0 Å². The number of piperazine rings is 1. The highest BCUT2D eigenvalue weighted by molar-refractivity contribution is 7.80. The van der Waals surface area contributed by atoms with Crippen molar-refractivity contribution in [2.45, 2.75) is 57.8 Å². The van der Waals surface area contributed by atoms with Gasteiger partial charge in [0.2, 0.25) is 11.8 Å². The van der Waals surface area contributed by atoms with Crippen molar-refractivity contribution in [2.24, 2.45) is 0 Å². The molecule has 0 aromatic carbocycles. The standard InChI is InChI=1S/C20H31N5O3S/c1-3-24(4-2)18(26)8-7-15-11-21-19(27)17-10-14(13-25(15)17)23-20(29)22-12-16-6-5-9-28-16/h5-6,9,14-15,17H,3-4,7-8,10-13H2,1-2H3,(H,21,27)(H2,22,23,29)/t14-,15+,17-/m0/s1. The SMILES string of the molecule is CCN(CC)C(=O)CC[C@@H]1CNC(=O)[C@@H]2C[C@H](NC(=S)NCc3ccco3)CN12. The number of carbonyl (C=O) groups excluding carboxylic acids is 2. The summed E-state index contributed by atoms with van der Waals surface area (Å²) >= 11 is 5.40. The maximum Gasteiger partial charge on any atom is 0.237 e. The van der Waals surface area contributed by atoms with Crippen LogP contribution in [0.5, 0.6) is 0 Å². The van der Waals surface area contributed by atoms with Gasteiger partial charge in [0, 0.05) is 44.7 Å². The summed E-state index contributed by atoms with van der Waals surface area (Å²) in [4.78, 5) is 28.8. The number of amides is 2. The topological polar surface area (TPSA) is 89.8 Å². The molecule has 8 nitrogen and oxygen atoms in total. The van der Waals surface area contributed by atoms with Crippen molar-refractivity contribution in [3.63, 3.8) is 0 Å². The molecule has 2 amide bonds. The minimum atomic E-state index is -0.164. The van der Waals surface area contributed by atoms with Crippen molar-refractivity contribution < 1.29 is 14.0 Å². The van der Waals surface area contributed by atoms with Crippen molar-refractivity contribution >= 4 is 29.1 Å². The Balaban J connectivity index is 1.50. The molecule has 2 fully saturated rings. The molecular weight excluding hydrogens is 390 g/mol. The zero-order chi connectivity index (χ0) is 20.8. The van der Waals surface area contributed by atoms with Gasteiger partial charge in [-0.1, -0.05) is 0 Å². The molecule has 1 aromatic rings. The van der Waals surface area contributed by atoms with Crippen LogP contribution in [0.1, 0.15) is 38.9 Å². The normalized spacial score (nSPS) is 23.9. The Hall–Kier alpha value is -2.13. The number of carbonyl (C=O) groups is 2. The summed E-state index contributed by atoms with van der Waals surface area (Å²) in [5.74, 6) is 1.06. The molecule has 160 valence electrons. The number of thiocarbonyl (C=S) groups is 1. The Morgan fingerprint density at radius 1 is 1.41 bits per heavy atom. The average Bonchev–Trinajstić information content (AvgIpc) is 3.37. The molecule has 0 saturated carbocycles. The van der Waals surface area contributed by atoms with Crippen LogP contribution in [-0.2, 0) is 16.1 Å². The minimum Gasteiger partial charge on any atom is -0.467 e. The molecule has 2 saturated heterocycles. The van der Waals surface area contributed by atoms with E-state index in [-0.39, 0.29) is 29.9 Å². The second-order valence-corrected chi connectivity index (χ2v) is 7.96. The number of nitrogens with one attached hydrogen (secondary N) is 3. The van der Waals surface area contributed by atoms with Gasteiger partial charge in [-0.25, -0.2) is 0 Å². The van der Waals surface area contributed by atoms with Crippen LogP contribution in [0.25, 0.3) is 0 Å². The first-order chi connectivity index (χ1) is 14.0. The van der Waals surface area contributed by atoms with Crippen LogP contribution in [0, 0.1) is 0 Å². The second-order valence-electron chi connectivity index (χ2n) is 7.56. The Morgan fingerprint density at radius 3 is 2.90 bits per heavy atom. The Bertz CT molecular complexity index is 707. The van der Waals surface area contributed by atoms with Crippen LogP contribution < -0.4 is 16.0 Å². The van der Waals surface area contributed by atoms with Gasteiger partial charge in [0.05, 0.1) is 18.8 Å². The third-order valence-electron chi connectivity index (χ3n) is 5.77. The Morgan fingerprint density at radius 2 is 2.21 bits per heavy atom. The summed E-state index contributed by atoms with van der Waals surface area (Å²) in [7, 11) is 0. The van der Waals surface area contributed by atoms with Crippen LogP contribution in [0.15, 0.2) is 22.8 Å². The summed E-state index contributed by atoms with van der Waals surface area (Å²) in [6.45, 7) is 7.32. The summed E-state index contributed by atoms with van der Waals surface area (Å²) in [5.41, 5.74) is 0. The van der Waals surface area contributed by atoms with E-state index in [0.717, 1.165) is 31.8 Å². The average molecular weight is 422 g/mol. The summed E-state index contributed by atoms with van der Waals surface area (Å²) in [5, 5.41) is 10.0. The molecule has 29 heavy (non-hydrogen) atoms. The van der Waals surface area contributed by atoms with Gasteiger partial charge in [-0.2, -0.15) is 0 Å². The lowest BCUT2D eigenvalue weighted by Gasteiger charge is -2.37. The fourth-order valence-corrected chi connectivity index (χ4v) is 4.43. The molecule has 0 unspecified atom stereocenters. The van der Waals surface area contributed by atoms with Gasteiger partial charge in [-0.05, 0) is 51.0 Å². The van der Waals surface area contributed by atoms with Gasteiger partial charge in [0.15, 0.2) is 5.11 Å². The van der Waals surface area contributed by atoms with E-state index >= 15 is 0 Å². The Labute approximate surface area is 177 Å². The minimum absolute atomic E-state index is 0.0649. The van der Waals surface area contributed by atoms with E-state index in [1.54, 1.807) is 6.26 Å². The molecule has 2 aliphatic heterocycles. The first-order valence-corrected chi connectivity index (χ1v) is 10.8. The lowest BCUT2D eigenvalue weighted by Crippen LogP contribution is -2.58. The maximum atomic E-state index is 12.4. The maximum absolute atomic E-state index is 12.4. The molecule has 0 spiro atoms. The quantitative estimate of drug-likeness (QED) is 0.536. The lowest BCUT2D eigenvalue weighted by atomic mass is 10.0.